The zero-order chi connectivity index (χ0) is 21.8. The van der Waals surface area contributed by atoms with Gasteiger partial charge in [-0.1, -0.05) is 18.2 Å². The summed E-state index contributed by atoms with van der Waals surface area (Å²) in [6.07, 6.45) is 4.15. The molecule has 0 fully saturated rings. The van der Waals surface area contributed by atoms with Crippen LogP contribution in [-0.2, 0) is 32.0 Å². The van der Waals surface area contributed by atoms with Crippen LogP contribution in [0.1, 0.15) is 41.7 Å². The number of amides is 2. The third kappa shape index (κ3) is 4.49. The molecule has 0 bridgehead atoms. The second-order valence-corrected chi connectivity index (χ2v) is 8.34. The smallest absolute Gasteiger partial charge is 0.355 e. The monoisotopic (exact) mass is 436 g/mol. The summed E-state index contributed by atoms with van der Waals surface area (Å²) in [6, 6.07) is 11.0. The van der Waals surface area contributed by atoms with Gasteiger partial charge in [0.25, 0.3) is 5.91 Å². The number of para-hydroxylation sites is 1. The number of hydrogen-bond acceptors (Lipinski definition) is 7. The van der Waals surface area contributed by atoms with E-state index in [1.54, 1.807) is 24.3 Å². The van der Waals surface area contributed by atoms with Gasteiger partial charge in [-0.3, -0.25) is 9.59 Å². The highest BCUT2D eigenvalue weighted by atomic mass is 32.1. The lowest BCUT2D eigenvalue weighted by Gasteiger charge is -2.22. The number of nitrogens with zero attached hydrogens (tertiary/aromatic N) is 3. The third-order valence-electron chi connectivity index (χ3n) is 5.14. The molecule has 2 aromatic rings. The summed E-state index contributed by atoms with van der Waals surface area (Å²) in [5, 5.41) is 18.0. The van der Waals surface area contributed by atoms with E-state index >= 15 is 0 Å². The molecule has 0 spiro atoms. The fourth-order valence-electron chi connectivity index (χ4n) is 3.62. The Morgan fingerprint density at radius 2 is 1.94 bits per heavy atom. The van der Waals surface area contributed by atoms with Crippen molar-refractivity contribution in [3.63, 3.8) is 0 Å². The molecule has 9 heteroatoms. The summed E-state index contributed by atoms with van der Waals surface area (Å²) in [7, 11) is 0. The molecule has 1 aliphatic heterocycles. The fraction of sp³-hybridized carbons (Fsp3) is 0.318. The Balaban J connectivity index is 1.39. The number of aryl methyl sites for hydroxylation is 1. The average Bonchev–Trinajstić information content (AvgIpc) is 3.15. The molecule has 0 unspecified atom stereocenters. The summed E-state index contributed by atoms with van der Waals surface area (Å²) >= 11 is 1.41. The molecule has 1 aromatic carbocycles. The number of thiophene rings is 1. The normalized spacial score (nSPS) is 15.5. The first kappa shape index (κ1) is 20.8. The van der Waals surface area contributed by atoms with Crippen LogP contribution >= 0.6 is 11.3 Å². The van der Waals surface area contributed by atoms with Gasteiger partial charge in [0.05, 0.1) is 11.3 Å². The first-order valence-corrected chi connectivity index (χ1v) is 10.9. The maximum absolute atomic E-state index is 12.4. The van der Waals surface area contributed by atoms with Crippen molar-refractivity contribution in [3.05, 3.63) is 46.3 Å². The zero-order valence-corrected chi connectivity index (χ0v) is 17.5. The predicted octanol–water partition coefficient (Wildman–Crippen LogP) is 3.16. The van der Waals surface area contributed by atoms with Gasteiger partial charge in [-0.05, 0) is 43.4 Å². The van der Waals surface area contributed by atoms with Crippen LogP contribution in [0.25, 0.3) is 0 Å². The Hall–Kier alpha value is -3.51. The second kappa shape index (κ2) is 9.10. The molecule has 0 atom stereocenters. The molecule has 0 radical (unpaired) electrons. The number of esters is 1. The summed E-state index contributed by atoms with van der Waals surface area (Å²) in [6.45, 7) is -0.495. The number of nitriles is 1. The molecular weight excluding hydrogens is 416 g/mol. The molecular formula is C22H20N4O4S. The number of nitrogens with one attached hydrogen (secondary N) is 1. The van der Waals surface area contributed by atoms with Crippen LogP contribution in [0.4, 0.5) is 10.7 Å². The Labute approximate surface area is 183 Å². The van der Waals surface area contributed by atoms with E-state index in [9.17, 15) is 19.6 Å². The number of hydrogen-bond donors (Lipinski definition) is 1. The molecule has 1 aliphatic carbocycles. The van der Waals surface area contributed by atoms with Gasteiger partial charge in [-0.25, -0.2) is 9.80 Å². The van der Waals surface area contributed by atoms with Crippen LogP contribution in [0.3, 0.4) is 0 Å². The van der Waals surface area contributed by atoms with E-state index in [0.29, 0.717) is 16.3 Å². The van der Waals surface area contributed by atoms with E-state index in [-0.39, 0.29) is 24.5 Å². The van der Waals surface area contributed by atoms with Gasteiger partial charge in [-0.2, -0.15) is 10.4 Å². The highest BCUT2D eigenvalue weighted by molar-refractivity contribution is 7.16. The second-order valence-electron chi connectivity index (χ2n) is 7.24. The molecule has 158 valence electrons. The van der Waals surface area contributed by atoms with Gasteiger partial charge in [-0.15, -0.1) is 11.3 Å². The minimum Gasteiger partial charge on any atom is -0.451 e. The minimum absolute atomic E-state index is 0.0838. The Bertz CT molecular complexity index is 1100. The summed E-state index contributed by atoms with van der Waals surface area (Å²) in [4.78, 5) is 38.0. The number of fused-ring (bicyclic) bond motifs is 1. The van der Waals surface area contributed by atoms with E-state index in [4.69, 9.17) is 4.74 Å². The lowest BCUT2D eigenvalue weighted by Crippen LogP contribution is -2.35. The van der Waals surface area contributed by atoms with Crippen molar-refractivity contribution in [2.75, 3.05) is 16.9 Å². The molecule has 0 saturated carbocycles. The van der Waals surface area contributed by atoms with Crippen molar-refractivity contribution < 1.29 is 19.1 Å². The van der Waals surface area contributed by atoms with Gasteiger partial charge in [0.15, 0.2) is 6.61 Å². The summed E-state index contributed by atoms with van der Waals surface area (Å²) < 4.78 is 5.11. The molecule has 1 N–H and O–H groups in total. The van der Waals surface area contributed by atoms with E-state index < -0.39 is 18.5 Å². The highest BCUT2D eigenvalue weighted by Crippen LogP contribution is 2.37. The first-order chi connectivity index (χ1) is 15.1. The van der Waals surface area contributed by atoms with Crippen LogP contribution in [0.5, 0.6) is 0 Å². The molecule has 2 aliphatic rings. The van der Waals surface area contributed by atoms with Crippen LogP contribution in [0.2, 0.25) is 0 Å². The molecule has 2 amide bonds. The average molecular weight is 436 g/mol. The first-order valence-electron chi connectivity index (χ1n) is 10.0. The van der Waals surface area contributed by atoms with Crippen molar-refractivity contribution in [2.24, 2.45) is 5.10 Å². The van der Waals surface area contributed by atoms with Gasteiger partial charge in [0, 0.05) is 17.7 Å². The standard InChI is InChI=1S/C22H20N4O4S/c23-12-16-15-8-4-5-9-18(15)31-21(16)24-19(27)13-30-22(29)17-10-11-20(28)26(25-17)14-6-2-1-3-7-14/h1-3,6-7H,4-5,8-11,13H2,(H,24,27). The lowest BCUT2D eigenvalue weighted by atomic mass is 9.96. The van der Waals surface area contributed by atoms with E-state index in [1.807, 2.05) is 6.07 Å². The van der Waals surface area contributed by atoms with Crippen molar-refractivity contribution in [1.29, 1.82) is 5.26 Å². The number of carbonyl (C=O) groups excluding carboxylic acids is 3. The number of benzene rings is 1. The molecule has 1 aromatic heterocycles. The quantitative estimate of drug-likeness (QED) is 0.724. The minimum atomic E-state index is -0.741. The van der Waals surface area contributed by atoms with Crippen LogP contribution in [-0.4, -0.2) is 30.1 Å². The van der Waals surface area contributed by atoms with Crippen molar-refractivity contribution in [2.45, 2.75) is 38.5 Å². The Morgan fingerprint density at radius 1 is 1.16 bits per heavy atom. The van der Waals surface area contributed by atoms with Gasteiger partial charge in [0.2, 0.25) is 5.91 Å². The van der Waals surface area contributed by atoms with Gasteiger partial charge < -0.3 is 10.1 Å². The Kier molecular flexibility index (Phi) is 6.09. The van der Waals surface area contributed by atoms with Crippen molar-refractivity contribution in [3.8, 4) is 6.07 Å². The van der Waals surface area contributed by atoms with Crippen LogP contribution in [0, 0.1) is 11.3 Å². The van der Waals surface area contributed by atoms with E-state index in [1.165, 1.54) is 16.3 Å². The zero-order valence-electron chi connectivity index (χ0n) is 16.7. The van der Waals surface area contributed by atoms with Gasteiger partial charge in [0.1, 0.15) is 16.8 Å². The molecule has 8 nitrogen and oxygen atoms in total. The lowest BCUT2D eigenvalue weighted by molar-refractivity contribution is -0.140. The molecule has 2 heterocycles. The van der Waals surface area contributed by atoms with E-state index in [0.717, 1.165) is 36.1 Å². The summed E-state index contributed by atoms with van der Waals surface area (Å²) in [5.41, 5.74) is 2.17. The summed E-state index contributed by atoms with van der Waals surface area (Å²) in [5.74, 6) is -1.48. The van der Waals surface area contributed by atoms with Crippen molar-refractivity contribution in [1.82, 2.24) is 0 Å². The predicted molar refractivity (Wildman–Crippen MR) is 116 cm³/mol. The fourth-order valence-corrected chi connectivity index (χ4v) is 4.88. The molecule has 31 heavy (non-hydrogen) atoms. The SMILES string of the molecule is N#Cc1c(NC(=O)COC(=O)C2=NN(c3ccccc3)C(=O)CC2)sc2c1CCCC2. The number of hydrazone groups is 1. The van der Waals surface area contributed by atoms with Crippen LogP contribution in [0.15, 0.2) is 35.4 Å². The maximum Gasteiger partial charge on any atom is 0.355 e. The highest BCUT2D eigenvalue weighted by Gasteiger charge is 2.27. The topological polar surface area (TPSA) is 112 Å². The maximum atomic E-state index is 12.4. The van der Waals surface area contributed by atoms with Gasteiger partial charge >= 0.3 is 5.97 Å². The molecule has 4 rings (SSSR count). The largest absolute Gasteiger partial charge is 0.451 e. The number of anilines is 2. The number of carbonyl (C=O) groups is 3. The number of ether oxygens (including phenoxy) is 1. The van der Waals surface area contributed by atoms with Crippen molar-refractivity contribution >= 4 is 45.5 Å². The van der Waals surface area contributed by atoms with E-state index in [2.05, 4.69) is 16.5 Å². The molecule has 0 saturated heterocycles. The number of rotatable bonds is 5. The third-order valence-corrected chi connectivity index (χ3v) is 6.35. The van der Waals surface area contributed by atoms with Crippen LogP contribution < -0.4 is 10.3 Å². The Morgan fingerprint density at radius 3 is 2.71 bits per heavy atom.